The molecule has 0 fully saturated rings. The highest BCUT2D eigenvalue weighted by atomic mass is 79.9. The van der Waals surface area contributed by atoms with Crippen LogP contribution in [0, 0.1) is 0 Å². The third-order valence-electron chi connectivity index (χ3n) is 1.85. The molecule has 0 unspecified atom stereocenters. The summed E-state index contributed by atoms with van der Waals surface area (Å²) in [5.74, 6) is -0.360. The Morgan fingerprint density at radius 3 is 2.59 bits per heavy atom. The van der Waals surface area contributed by atoms with E-state index >= 15 is 0 Å². The highest BCUT2D eigenvalue weighted by Crippen LogP contribution is 2.39. The Bertz CT molecular complexity index is 423. The lowest BCUT2D eigenvalue weighted by molar-refractivity contribution is -0.0328. The van der Waals surface area contributed by atoms with Crippen molar-refractivity contribution in [1.82, 2.24) is 0 Å². The number of thioether (sulfide) groups is 1. The van der Waals surface area contributed by atoms with Crippen LogP contribution in [0.4, 0.5) is 18.9 Å². The average molecular weight is 328 g/mol. The summed E-state index contributed by atoms with van der Waals surface area (Å²) in [4.78, 5) is 11.5. The fourth-order valence-electron chi connectivity index (χ4n) is 1.20. The molecule has 0 radical (unpaired) electrons. The van der Waals surface area contributed by atoms with Crippen LogP contribution in [0.3, 0.4) is 0 Å². The summed E-state index contributed by atoms with van der Waals surface area (Å²) >= 11 is 2.77. The van der Waals surface area contributed by atoms with Crippen molar-refractivity contribution in [3.8, 4) is 0 Å². The first-order chi connectivity index (χ1) is 7.83. The van der Waals surface area contributed by atoms with E-state index in [9.17, 15) is 18.0 Å². The number of hydrogen-bond donors (Lipinski definition) is 1. The minimum Gasteiger partial charge on any atom is -0.399 e. The first-order valence-electron chi connectivity index (χ1n) is 4.58. The normalized spacial score (nSPS) is 11.5. The summed E-state index contributed by atoms with van der Waals surface area (Å²) in [5.41, 5.74) is 1.35. The van der Waals surface area contributed by atoms with Crippen molar-refractivity contribution < 1.29 is 18.0 Å². The van der Waals surface area contributed by atoms with E-state index < -0.39 is 5.51 Å². The van der Waals surface area contributed by atoms with E-state index in [-0.39, 0.29) is 40.1 Å². The van der Waals surface area contributed by atoms with Gasteiger partial charge in [0.05, 0.1) is 0 Å². The van der Waals surface area contributed by atoms with Gasteiger partial charge >= 0.3 is 5.51 Å². The number of hydrogen-bond acceptors (Lipinski definition) is 3. The Balaban J connectivity index is 3.08. The van der Waals surface area contributed by atoms with Crippen molar-refractivity contribution in [3.05, 3.63) is 23.8 Å². The number of rotatable bonds is 4. The summed E-state index contributed by atoms with van der Waals surface area (Å²) < 4.78 is 36.8. The Labute approximate surface area is 109 Å². The van der Waals surface area contributed by atoms with Crippen LogP contribution in [0.15, 0.2) is 23.1 Å². The van der Waals surface area contributed by atoms with Crippen LogP contribution in [-0.4, -0.2) is 16.6 Å². The summed E-state index contributed by atoms with van der Waals surface area (Å²) in [6.07, 6.45) is 0.134. The molecule has 2 nitrogen and oxygen atoms in total. The Morgan fingerprint density at radius 2 is 2.06 bits per heavy atom. The molecule has 0 aliphatic rings. The van der Waals surface area contributed by atoms with Gasteiger partial charge < -0.3 is 5.73 Å². The molecule has 1 rings (SSSR count). The van der Waals surface area contributed by atoms with Crippen molar-refractivity contribution in [2.24, 2.45) is 0 Å². The van der Waals surface area contributed by atoms with E-state index in [0.29, 0.717) is 5.33 Å². The van der Waals surface area contributed by atoms with Crippen LogP contribution in [0.25, 0.3) is 0 Å². The summed E-state index contributed by atoms with van der Waals surface area (Å²) in [6, 6.07) is 3.84. The number of anilines is 1. The Hall–Kier alpha value is -0.690. The zero-order valence-electron chi connectivity index (χ0n) is 8.55. The van der Waals surface area contributed by atoms with Crippen molar-refractivity contribution in [2.45, 2.75) is 16.8 Å². The molecule has 0 aliphatic carbocycles. The molecular formula is C10H9BrF3NOS. The standard InChI is InChI=1S/C10H9BrF3NOS/c11-4-3-8(16)7-5-6(15)1-2-9(7)17-10(12,13)14/h1-2,5H,3-4,15H2. The maximum absolute atomic E-state index is 12.3. The Kier molecular flexibility index (Phi) is 4.88. The molecule has 0 atom stereocenters. The molecule has 7 heteroatoms. The number of carbonyl (C=O) groups is 1. The second kappa shape index (κ2) is 5.77. The van der Waals surface area contributed by atoms with E-state index in [1.807, 2.05) is 0 Å². The van der Waals surface area contributed by atoms with E-state index in [0.717, 1.165) is 0 Å². The number of benzene rings is 1. The van der Waals surface area contributed by atoms with Gasteiger partial charge in [0.1, 0.15) is 0 Å². The van der Waals surface area contributed by atoms with Gasteiger partial charge in [0.25, 0.3) is 0 Å². The smallest absolute Gasteiger partial charge is 0.399 e. The number of nitrogen functional groups attached to an aromatic ring is 1. The summed E-state index contributed by atoms with van der Waals surface area (Å²) in [5, 5.41) is 0.400. The van der Waals surface area contributed by atoms with Gasteiger partial charge in [0, 0.05) is 27.9 Å². The van der Waals surface area contributed by atoms with Crippen LogP contribution < -0.4 is 5.73 Å². The van der Waals surface area contributed by atoms with Crippen LogP contribution >= 0.6 is 27.7 Å². The highest BCUT2D eigenvalue weighted by Gasteiger charge is 2.31. The van der Waals surface area contributed by atoms with E-state index in [1.165, 1.54) is 18.2 Å². The number of alkyl halides is 4. The van der Waals surface area contributed by atoms with Crippen molar-refractivity contribution in [2.75, 3.05) is 11.1 Å². The second-order valence-electron chi connectivity index (χ2n) is 3.17. The van der Waals surface area contributed by atoms with Gasteiger partial charge in [-0.1, -0.05) is 15.9 Å². The number of halogens is 4. The van der Waals surface area contributed by atoms with E-state index in [1.54, 1.807) is 0 Å². The molecule has 1 aromatic rings. The lowest BCUT2D eigenvalue weighted by Gasteiger charge is -2.10. The topological polar surface area (TPSA) is 43.1 Å². The van der Waals surface area contributed by atoms with E-state index in [4.69, 9.17) is 5.73 Å². The number of nitrogens with two attached hydrogens (primary N) is 1. The fraction of sp³-hybridized carbons (Fsp3) is 0.300. The van der Waals surface area contributed by atoms with Gasteiger partial charge in [-0.3, -0.25) is 4.79 Å². The summed E-state index contributed by atoms with van der Waals surface area (Å²) in [6.45, 7) is 0. The predicted molar refractivity (Wildman–Crippen MR) is 65.5 cm³/mol. The largest absolute Gasteiger partial charge is 0.446 e. The van der Waals surface area contributed by atoms with Crippen molar-refractivity contribution in [3.63, 3.8) is 0 Å². The molecule has 0 aliphatic heterocycles. The molecule has 94 valence electrons. The number of Topliss-reactive ketones (excluding diaryl/α,β-unsaturated/α-hetero) is 1. The van der Waals surface area contributed by atoms with Crippen LogP contribution in [-0.2, 0) is 0 Å². The molecule has 0 amide bonds. The first-order valence-corrected chi connectivity index (χ1v) is 6.51. The maximum Gasteiger partial charge on any atom is 0.446 e. The molecule has 1 aromatic carbocycles. The maximum atomic E-state index is 12.3. The number of ketones is 1. The van der Waals surface area contributed by atoms with Crippen molar-refractivity contribution in [1.29, 1.82) is 0 Å². The molecule has 2 N–H and O–H groups in total. The molecule has 0 saturated carbocycles. The SMILES string of the molecule is Nc1ccc(SC(F)(F)F)c(C(=O)CCBr)c1. The van der Waals surface area contributed by atoms with Gasteiger partial charge in [-0.2, -0.15) is 13.2 Å². The monoisotopic (exact) mass is 327 g/mol. The average Bonchev–Trinajstić information content (AvgIpc) is 2.19. The Morgan fingerprint density at radius 1 is 1.41 bits per heavy atom. The van der Waals surface area contributed by atoms with Gasteiger partial charge in [-0.25, -0.2) is 0 Å². The quantitative estimate of drug-likeness (QED) is 0.395. The first kappa shape index (κ1) is 14.4. The lowest BCUT2D eigenvalue weighted by Crippen LogP contribution is -2.06. The molecule has 17 heavy (non-hydrogen) atoms. The van der Waals surface area contributed by atoms with Gasteiger partial charge in [0.15, 0.2) is 5.78 Å². The van der Waals surface area contributed by atoms with Crippen LogP contribution in [0.1, 0.15) is 16.8 Å². The van der Waals surface area contributed by atoms with Gasteiger partial charge in [-0.15, -0.1) is 0 Å². The van der Waals surface area contributed by atoms with Crippen LogP contribution in [0.5, 0.6) is 0 Å². The second-order valence-corrected chi connectivity index (χ2v) is 5.07. The molecule has 0 heterocycles. The zero-order chi connectivity index (χ0) is 13.1. The third kappa shape index (κ3) is 4.59. The van der Waals surface area contributed by atoms with Gasteiger partial charge in [-0.05, 0) is 30.0 Å². The lowest BCUT2D eigenvalue weighted by atomic mass is 10.1. The molecule has 0 spiro atoms. The fourth-order valence-corrected chi connectivity index (χ4v) is 2.23. The molecular weight excluding hydrogens is 319 g/mol. The predicted octanol–water partition coefficient (Wildman–Crippen LogP) is 3.85. The van der Waals surface area contributed by atoms with Crippen LogP contribution in [0.2, 0.25) is 0 Å². The minimum absolute atomic E-state index is 0.0202. The minimum atomic E-state index is -4.42. The van der Waals surface area contributed by atoms with E-state index in [2.05, 4.69) is 15.9 Å². The van der Waals surface area contributed by atoms with Gasteiger partial charge in [0.2, 0.25) is 0 Å². The molecule has 0 aromatic heterocycles. The summed E-state index contributed by atoms with van der Waals surface area (Å²) in [7, 11) is 0. The van der Waals surface area contributed by atoms with Crippen molar-refractivity contribution >= 4 is 39.2 Å². The molecule has 0 saturated heterocycles. The zero-order valence-corrected chi connectivity index (χ0v) is 11.0. The number of carbonyl (C=O) groups excluding carboxylic acids is 1. The highest BCUT2D eigenvalue weighted by molar-refractivity contribution is 9.09. The third-order valence-corrected chi connectivity index (χ3v) is 3.06. The molecule has 0 bridgehead atoms.